The number of hydrazone groups is 1. The first-order chi connectivity index (χ1) is 10.9. The molecule has 2 aliphatic rings. The number of carbonyl (C=O) groups excluding carboxylic acids is 1. The van der Waals surface area contributed by atoms with Gasteiger partial charge in [-0.05, 0) is 37.5 Å². The number of likely N-dealkylation sites (N-methyl/N-ethyl adjacent to an activating group) is 1. The summed E-state index contributed by atoms with van der Waals surface area (Å²) in [5.41, 5.74) is -1.52. The number of halogens is 3. The minimum Gasteiger partial charge on any atom is -0.363 e. The maximum absolute atomic E-state index is 13.0. The van der Waals surface area contributed by atoms with Crippen LogP contribution < -0.4 is 4.90 Å². The summed E-state index contributed by atoms with van der Waals surface area (Å²) in [6.07, 6.45) is 0.117. The molecular weight excluding hydrogens is 327 g/mol. The molecule has 0 saturated carbocycles. The van der Waals surface area contributed by atoms with Crippen molar-refractivity contribution in [3.63, 3.8) is 0 Å². The van der Waals surface area contributed by atoms with Gasteiger partial charge in [0.2, 0.25) is 0 Å². The molecule has 8 heteroatoms. The molecule has 23 heavy (non-hydrogen) atoms. The average molecular weight is 343 g/mol. The highest BCUT2D eigenvalue weighted by Crippen LogP contribution is 2.33. The van der Waals surface area contributed by atoms with Gasteiger partial charge in [0.1, 0.15) is 0 Å². The smallest absolute Gasteiger partial charge is 0.363 e. The summed E-state index contributed by atoms with van der Waals surface area (Å²) >= 11 is 1.40. The lowest BCUT2D eigenvalue weighted by molar-refractivity contribution is -0.124. The quantitative estimate of drug-likeness (QED) is 0.771. The van der Waals surface area contributed by atoms with Gasteiger partial charge in [-0.1, -0.05) is 0 Å². The third-order valence-corrected chi connectivity index (χ3v) is 4.96. The first kappa shape index (κ1) is 16.0. The fourth-order valence-electron chi connectivity index (χ4n) is 2.71. The molecule has 0 radical (unpaired) electrons. The number of hydrogen-bond acceptors (Lipinski definition) is 4. The second-order valence-electron chi connectivity index (χ2n) is 5.56. The molecule has 0 atom stereocenters. The fraction of sp³-hybridized carbons (Fsp3) is 0.467. The van der Waals surface area contributed by atoms with Crippen LogP contribution in [0.5, 0.6) is 0 Å². The van der Waals surface area contributed by atoms with Crippen molar-refractivity contribution < 1.29 is 18.0 Å². The predicted molar refractivity (Wildman–Crippen MR) is 84.6 cm³/mol. The summed E-state index contributed by atoms with van der Waals surface area (Å²) < 4.78 is 39.0. The van der Waals surface area contributed by atoms with Crippen LogP contribution in [0.2, 0.25) is 0 Å². The van der Waals surface area contributed by atoms with Crippen LogP contribution in [0.25, 0.3) is 6.08 Å². The molecule has 1 saturated heterocycles. The molecule has 1 fully saturated rings. The van der Waals surface area contributed by atoms with Crippen LogP contribution in [0.3, 0.4) is 0 Å². The zero-order valence-corrected chi connectivity index (χ0v) is 13.4. The third-order valence-electron chi connectivity index (χ3n) is 3.86. The second-order valence-corrected chi connectivity index (χ2v) is 6.65. The molecule has 1 aromatic rings. The van der Waals surface area contributed by atoms with Gasteiger partial charge in [0.25, 0.3) is 5.91 Å². The van der Waals surface area contributed by atoms with E-state index in [4.69, 9.17) is 0 Å². The lowest BCUT2D eigenvalue weighted by Gasteiger charge is -2.27. The normalized spacial score (nSPS) is 21.3. The minimum atomic E-state index is -4.64. The van der Waals surface area contributed by atoms with Gasteiger partial charge in [0, 0.05) is 25.0 Å². The van der Waals surface area contributed by atoms with Gasteiger partial charge >= 0.3 is 6.18 Å². The summed E-state index contributed by atoms with van der Waals surface area (Å²) in [5, 5.41) is 5.07. The Bertz CT molecular complexity index is 672. The van der Waals surface area contributed by atoms with Gasteiger partial charge in [-0.2, -0.15) is 18.3 Å². The van der Waals surface area contributed by atoms with Crippen molar-refractivity contribution in [3.8, 4) is 0 Å². The predicted octanol–water partition coefficient (Wildman–Crippen LogP) is 3.51. The van der Waals surface area contributed by atoms with Crippen LogP contribution in [-0.2, 0) is 4.79 Å². The molecule has 0 unspecified atom stereocenters. The van der Waals surface area contributed by atoms with E-state index in [0.29, 0.717) is 4.88 Å². The Balaban J connectivity index is 1.87. The van der Waals surface area contributed by atoms with Crippen LogP contribution in [0.4, 0.5) is 18.2 Å². The Labute approximate surface area is 135 Å². The van der Waals surface area contributed by atoms with E-state index < -0.39 is 23.4 Å². The fourth-order valence-corrected chi connectivity index (χ4v) is 3.71. The summed E-state index contributed by atoms with van der Waals surface area (Å²) in [5.74, 6) is -0.731. The van der Waals surface area contributed by atoms with Gasteiger partial charge in [0.05, 0.1) is 10.6 Å². The molecule has 3 rings (SSSR count). The lowest BCUT2D eigenvalue weighted by atomic mass is 10.1. The standard InChI is InChI=1S/C15H16F3N3OS/c1-20-14(22)11(13(19-20)15(16,17)18)9-10-5-6-12(23-10)21-7-3-2-4-8-21/h5-6,9H,2-4,7-8H2,1H3/b11-9+. The number of piperidine rings is 1. The topological polar surface area (TPSA) is 35.9 Å². The Morgan fingerprint density at radius 2 is 1.91 bits per heavy atom. The minimum absolute atomic E-state index is 0.396. The molecular formula is C15H16F3N3OS. The van der Waals surface area contributed by atoms with Crippen molar-refractivity contribution in [1.82, 2.24) is 5.01 Å². The van der Waals surface area contributed by atoms with Crippen molar-refractivity contribution in [2.24, 2.45) is 5.10 Å². The molecule has 0 bridgehead atoms. The van der Waals surface area contributed by atoms with Gasteiger partial charge in [0.15, 0.2) is 5.71 Å². The Morgan fingerprint density at radius 3 is 2.57 bits per heavy atom. The van der Waals surface area contributed by atoms with Gasteiger partial charge in [-0.3, -0.25) is 4.79 Å². The molecule has 0 spiro atoms. The SMILES string of the molecule is CN1N=C(C(F)(F)F)/C(=C\c2ccc(N3CCCCC3)s2)C1=O. The maximum Gasteiger partial charge on any atom is 0.435 e. The molecule has 4 nitrogen and oxygen atoms in total. The number of amides is 1. The van der Waals surface area contributed by atoms with E-state index in [2.05, 4.69) is 10.0 Å². The van der Waals surface area contributed by atoms with E-state index in [-0.39, 0.29) is 0 Å². The molecule has 1 aromatic heterocycles. The van der Waals surface area contributed by atoms with E-state index in [1.165, 1.54) is 30.9 Å². The largest absolute Gasteiger partial charge is 0.435 e. The number of nitrogens with zero attached hydrogens (tertiary/aromatic N) is 3. The number of rotatable bonds is 2. The highest BCUT2D eigenvalue weighted by molar-refractivity contribution is 7.17. The molecule has 0 N–H and O–H groups in total. The number of carbonyl (C=O) groups is 1. The second kappa shape index (κ2) is 5.99. The van der Waals surface area contributed by atoms with Gasteiger partial charge in [-0.15, -0.1) is 11.3 Å². The number of thiophene rings is 1. The van der Waals surface area contributed by atoms with E-state index in [9.17, 15) is 18.0 Å². The molecule has 124 valence electrons. The summed E-state index contributed by atoms with van der Waals surface area (Å²) in [4.78, 5) is 14.8. The molecule has 1 amide bonds. The molecule has 0 aromatic carbocycles. The number of alkyl halides is 3. The summed E-state index contributed by atoms with van der Waals surface area (Å²) in [6, 6.07) is 3.65. The average Bonchev–Trinajstić information content (AvgIpc) is 3.08. The first-order valence-corrected chi connectivity index (χ1v) is 8.18. The van der Waals surface area contributed by atoms with E-state index in [1.54, 1.807) is 6.07 Å². The van der Waals surface area contributed by atoms with Crippen molar-refractivity contribution >= 4 is 34.0 Å². The van der Waals surface area contributed by atoms with Crippen LogP contribution >= 0.6 is 11.3 Å². The van der Waals surface area contributed by atoms with Gasteiger partial charge in [-0.25, -0.2) is 5.01 Å². The van der Waals surface area contributed by atoms with E-state index >= 15 is 0 Å². The zero-order chi connectivity index (χ0) is 16.6. The lowest BCUT2D eigenvalue weighted by Crippen LogP contribution is -2.28. The third kappa shape index (κ3) is 3.26. The van der Waals surface area contributed by atoms with Crippen molar-refractivity contribution in [1.29, 1.82) is 0 Å². The Morgan fingerprint density at radius 1 is 1.22 bits per heavy atom. The Hall–Kier alpha value is -1.83. The van der Waals surface area contributed by atoms with Crippen molar-refractivity contribution in [3.05, 3.63) is 22.6 Å². The highest BCUT2D eigenvalue weighted by atomic mass is 32.1. The molecule has 0 aliphatic carbocycles. The maximum atomic E-state index is 13.0. The summed E-state index contributed by atoms with van der Waals surface area (Å²) in [7, 11) is 1.22. The summed E-state index contributed by atoms with van der Waals surface area (Å²) in [6.45, 7) is 1.93. The van der Waals surface area contributed by atoms with Crippen LogP contribution in [-0.4, -0.2) is 42.9 Å². The number of hydrogen-bond donors (Lipinski definition) is 0. The van der Waals surface area contributed by atoms with Crippen LogP contribution in [0, 0.1) is 0 Å². The van der Waals surface area contributed by atoms with E-state index in [1.807, 2.05) is 6.07 Å². The van der Waals surface area contributed by atoms with Gasteiger partial charge < -0.3 is 4.90 Å². The molecule has 2 aliphatic heterocycles. The highest BCUT2D eigenvalue weighted by Gasteiger charge is 2.45. The monoisotopic (exact) mass is 343 g/mol. The van der Waals surface area contributed by atoms with Crippen molar-refractivity contribution in [2.75, 3.05) is 25.0 Å². The molecule has 3 heterocycles. The Kier molecular flexibility index (Phi) is 4.18. The van der Waals surface area contributed by atoms with Crippen LogP contribution in [0.15, 0.2) is 22.8 Å². The first-order valence-electron chi connectivity index (χ1n) is 7.37. The van der Waals surface area contributed by atoms with Crippen molar-refractivity contribution in [2.45, 2.75) is 25.4 Å². The number of anilines is 1. The van der Waals surface area contributed by atoms with E-state index in [0.717, 1.165) is 35.9 Å². The van der Waals surface area contributed by atoms with Crippen LogP contribution in [0.1, 0.15) is 24.1 Å². The zero-order valence-electron chi connectivity index (χ0n) is 12.6.